The second kappa shape index (κ2) is 8.07. The maximum atomic E-state index is 13.1. The van der Waals surface area contributed by atoms with Crippen LogP contribution in [0.3, 0.4) is 0 Å². The van der Waals surface area contributed by atoms with Crippen molar-refractivity contribution in [1.29, 1.82) is 0 Å². The molecule has 2 aromatic carbocycles. The van der Waals surface area contributed by atoms with Gasteiger partial charge in [0.25, 0.3) is 5.91 Å². The van der Waals surface area contributed by atoms with E-state index in [1.807, 2.05) is 0 Å². The third-order valence-electron chi connectivity index (χ3n) is 5.32. The maximum Gasteiger partial charge on any atom is 0.273 e. The lowest BCUT2D eigenvalue weighted by atomic mass is 9.95. The molecule has 4 N–H and O–H groups in total. The third-order valence-corrected chi connectivity index (χ3v) is 6.33. The van der Waals surface area contributed by atoms with Crippen LogP contribution in [-0.4, -0.2) is 56.6 Å². The number of nitrogens with one attached hydrogen (secondary N) is 1. The number of amides is 1. The normalized spacial score (nSPS) is 15.5. The van der Waals surface area contributed by atoms with Crippen molar-refractivity contribution in [2.75, 3.05) is 20.3 Å². The number of aromatic hydroxyl groups is 2. The smallest absolute Gasteiger partial charge is 0.273 e. The highest BCUT2D eigenvalue weighted by Crippen LogP contribution is 2.47. The van der Waals surface area contributed by atoms with E-state index in [2.05, 4.69) is 26.1 Å². The summed E-state index contributed by atoms with van der Waals surface area (Å²) in [5.74, 6) is -0.207. The number of hydrogen-bond acceptors (Lipinski definition) is 6. The number of aromatic amines is 1. The Labute approximate surface area is 191 Å². The third kappa shape index (κ3) is 3.42. The molecule has 1 amide bonds. The zero-order valence-electron chi connectivity index (χ0n) is 16.6. The second-order valence-corrected chi connectivity index (χ2v) is 8.42. The zero-order chi connectivity index (χ0) is 22.4. The Kier molecular flexibility index (Phi) is 5.59. The first-order valence-electron chi connectivity index (χ1n) is 9.34. The van der Waals surface area contributed by atoms with E-state index in [0.717, 1.165) is 0 Å². The van der Waals surface area contributed by atoms with Gasteiger partial charge in [-0.3, -0.25) is 9.89 Å². The van der Waals surface area contributed by atoms with Gasteiger partial charge in [-0.05, 0) is 58.2 Å². The van der Waals surface area contributed by atoms with E-state index in [4.69, 9.17) is 16.3 Å². The number of aryl methyl sites for hydroxylation is 1. The molecule has 10 heteroatoms. The molecule has 2 heterocycles. The number of β-amino-alcohol motifs (C(OH)–C–C–N with tert-alkyl or cyclic N) is 1. The first-order chi connectivity index (χ1) is 14.8. The highest BCUT2D eigenvalue weighted by atomic mass is 79.9. The van der Waals surface area contributed by atoms with E-state index in [-0.39, 0.29) is 42.0 Å². The number of hydrogen-bond donors (Lipinski definition) is 4. The molecule has 3 aromatic rings. The minimum absolute atomic E-state index is 0.0209. The summed E-state index contributed by atoms with van der Waals surface area (Å²) < 4.78 is 5.65. The number of aliphatic hydroxyl groups is 1. The van der Waals surface area contributed by atoms with E-state index < -0.39 is 6.04 Å². The fourth-order valence-electron chi connectivity index (χ4n) is 3.85. The summed E-state index contributed by atoms with van der Waals surface area (Å²) >= 11 is 9.60. The quantitative estimate of drug-likeness (QED) is 0.417. The number of benzene rings is 2. The van der Waals surface area contributed by atoms with Crippen LogP contribution >= 0.6 is 27.5 Å². The number of methoxy groups -OCH3 is 1. The van der Waals surface area contributed by atoms with Gasteiger partial charge in [-0.15, -0.1) is 0 Å². The molecule has 1 aliphatic heterocycles. The van der Waals surface area contributed by atoms with E-state index in [1.54, 1.807) is 25.1 Å². The molecule has 0 saturated carbocycles. The van der Waals surface area contributed by atoms with Crippen LogP contribution in [0, 0.1) is 6.92 Å². The Hall–Kier alpha value is -2.75. The fourth-order valence-corrected chi connectivity index (χ4v) is 4.47. The summed E-state index contributed by atoms with van der Waals surface area (Å²) in [5.41, 5.74) is 2.87. The molecular weight excluding hydrogens is 490 g/mol. The number of phenolic OH excluding ortho intramolecular Hbond substituents is 2. The molecule has 0 saturated heterocycles. The molecule has 162 valence electrons. The van der Waals surface area contributed by atoms with Crippen molar-refractivity contribution in [3.05, 3.63) is 56.1 Å². The number of ether oxygens (including phenoxy) is 1. The molecule has 0 fully saturated rings. The molecule has 31 heavy (non-hydrogen) atoms. The highest BCUT2D eigenvalue weighted by Gasteiger charge is 2.42. The Morgan fingerprint density at radius 2 is 2.03 bits per heavy atom. The van der Waals surface area contributed by atoms with Gasteiger partial charge in [-0.2, -0.15) is 5.10 Å². The van der Waals surface area contributed by atoms with Crippen molar-refractivity contribution >= 4 is 33.4 Å². The number of rotatable bonds is 5. The average Bonchev–Trinajstić information content (AvgIpc) is 3.27. The molecule has 0 bridgehead atoms. The monoisotopic (exact) mass is 507 g/mol. The number of fused-ring (bicyclic) bond motifs is 1. The van der Waals surface area contributed by atoms with Gasteiger partial charge in [0, 0.05) is 22.7 Å². The molecule has 1 aliphatic rings. The Morgan fingerprint density at radius 1 is 1.29 bits per heavy atom. The number of nitrogens with zero attached hydrogens (tertiary/aromatic N) is 2. The van der Waals surface area contributed by atoms with Gasteiger partial charge in [0.1, 0.15) is 17.1 Å². The molecular formula is C21H19BrClN3O5. The van der Waals surface area contributed by atoms with Gasteiger partial charge in [0.05, 0.1) is 24.2 Å². The van der Waals surface area contributed by atoms with Crippen LogP contribution in [0.25, 0.3) is 11.3 Å². The molecule has 8 nitrogen and oxygen atoms in total. The van der Waals surface area contributed by atoms with Crippen LogP contribution in [0.15, 0.2) is 28.7 Å². The number of halogens is 2. The predicted molar refractivity (Wildman–Crippen MR) is 118 cm³/mol. The number of aromatic nitrogens is 2. The van der Waals surface area contributed by atoms with Crippen LogP contribution in [0.2, 0.25) is 5.02 Å². The predicted octanol–water partition coefficient (Wildman–Crippen LogP) is 3.76. The minimum atomic E-state index is -0.645. The van der Waals surface area contributed by atoms with E-state index in [9.17, 15) is 20.1 Å². The lowest BCUT2D eigenvalue weighted by Gasteiger charge is -2.26. The van der Waals surface area contributed by atoms with Gasteiger partial charge < -0.3 is 25.0 Å². The number of aliphatic hydroxyl groups excluding tert-OH is 1. The number of carbonyl (C=O) groups is 1. The molecule has 1 atom stereocenters. The summed E-state index contributed by atoms with van der Waals surface area (Å²) in [6.07, 6.45) is 0. The summed E-state index contributed by atoms with van der Waals surface area (Å²) in [7, 11) is 1.43. The van der Waals surface area contributed by atoms with Crippen LogP contribution in [0.4, 0.5) is 0 Å². The summed E-state index contributed by atoms with van der Waals surface area (Å²) in [6.45, 7) is 1.61. The lowest BCUT2D eigenvalue weighted by molar-refractivity contribution is 0.0706. The number of phenols is 2. The fraction of sp³-hybridized carbons (Fsp3) is 0.238. The highest BCUT2D eigenvalue weighted by molar-refractivity contribution is 9.10. The Balaban J connectivity index is 1.96. The van der Waals surface area contributed by atoms with Crippen molar-refractivity contribution in [2.24, 2.45) is 0 Å². The molecule has 0 radical (unpaired) electrons. The molecule has 1 aromatic heterocycles. The van der Waals surface area contributed by atoms with Crippen molar-refractivity contribution in [3.63, 3.8) is 0 Å². The van der Waals surface area contributed by atoms with E-state index in [0.29, 0.717) is 37.4 Å². The molecule has 1 unspecified atom stereocenters. The van der Waals surface area contributed by atoms with Crippen molar-refractivity contribution in [3.8, 4) is 28.5 Å². The van der Waals surface area contributed by atoms with Gasteiger partial charge in [0.15, 0.2) is 11.5 Å². The molecule has 0 aliphatic carbocycles. The second-order valence-electron chi connectivity index (χ2n) is 7.16. The van der Waals surface area contributed by atoms with Gasteiger partial charge in [0.2, 0.25) is 0 Å². The van der Waals surface area contributed by atoms with Crippen LogP contribution < -0.4 is 4.74 Å². The number of H-pyrrole nitrogens is 1. The molecule has 0 spiro atoms. The summed E-state index contributed by atoms with van der Waals surface area (Å²) in [4.78, 5) is 14.6. The van der Waals surface area contributed by atoms with Crippen LogP contribution in [0.1, 0.15) is 33.2 Å². The van der Waals surface area contributed by atoms with Crippen LogP contribution in [-0.2, 0) is 0 Å². The van der Waals surface area contributed by atoms with Crippen molar-refractivity contribution in [2.45, 2.75) is 13.0 Å². The Morgan fingerprint density at radius 3 is 2.71 bits per heavy atom. The largest absolute Gasteiger partial charge is 0.507 e. The van der Waals surface area contributed by atoms with Gasteiger partial charge in [-0.1, -0.05) is 11.6 Å². The average molecular weight is 509 g/mol. The van der Waals surface area contributed by atoms with Crippen molar-refractivity contribution in [1.82, 2.24) is 15.1 Å². The maximum absolute atomic E-state index is 13.1. The lowest BCUT2D eigenvalue weighted by Crippen LogP contribution is -2.32. The summed E-state index contributed by atoms with van der Waals surface area (Å²) in [6, 6.07) is 5.79. The standard InChI is InChI=1S/C21H19BrClN3O5/c1-9-5-14(28)11(8-13(9)23)17-16-18(25-24-17)21(30)26(3-4-27)19(16)10-6-12(22)20(29)15(7-10)31-2/h5-8,19,27-29H,3-4H2,1-2H3,(H,24,25). The first-order valence-corrected chi connectivity index (χ1v) is 10.5. The Bertz CT molecular complexity index is 1200. The summed E-state index contributed by atoms with van der Waals surface area (Å²) in [5, 5.41) is 37.9. The van der Waals surface area contributed by atoms with E-state index in [1.165, 1.54) is 18.1 Å². The molecule has 4 rings (SSSR count). The van der Waals surface area contributed by atoms with Gasteiger partial charge >= 0.3 is 0 Å². The zero-order valence-corrected chi connectivity index (χ0v) is 19.0. The number of carbonyl (C=O) groups excluding carboxylic acids is 1. The topological polar surface area (TPSA) is 119 Å². The van der Waals surface area contributed by atoms with E-state index >= 15 is 0 Å². The van der Waals surface area contributed by atoms with Crippen LogP contribution in [0.5, 0.6) is 17.2 Å². The SMILES string of the molecule is COc1cc(C2c3c(-c4cc(Cl)c(C)cc4O)n[nH]c3C(=O)N2CCO)cc(Br)c1O. The minimum Gasteiger partial charge on any atom is -0.507 e. The first kappa shape index (κ1) is 21.5. The van der Waals surface area contributed by atoms with Crippen molar-refractivity contribution < 1.29 is 24.9 Å². The van der Waals surface area contributed by atoms with Gasteiger partial charge in [-0.25, -0.2) is 0 Å².